The van der Waals surface area contributed by atoms with Crippen LogP contribution in [0.15, 0.2) is 4.34 Å². The van der Waals surface area contributed by atoms with Crippen LogP contribution in [-0.2, 0) is 6.42 Å². The van der Waals surface area contributed by atoms with E-state index >= 15 is 0 Å². The van der Waals surface area contributed by atoms with E-state index in [1.807, 2.05) is 0 Å². The number of aryl methyl sites for hydroxylation is 1. The van der Waals surface area contributed by atoms with Gasteiger partial charge in [0, 0.05) is 18.2 Å². The molecule has 1 heterocycles. The van der Waals surface area contributed by atoms with Crippen molar-refractivity contribution in [1.82, 2.24) is 14.7 Å². The molecule has 2 aliphatic rings. The highest BCUT2D eigenvalue weighted by Crippen LogP contribution is 2.44. The molecule has 2 saturated carbocycles. The number of nitrogens with one attached hydrogen (secondary N) is 1. The summed E-state index contributed by atoms with van der Waals surface area (Å²) in [6.07, 6.45) is 5.91. The van der Waals surface area contributed by atoms with Crippen LogP contribution in [-0.4, -0.2) is 38.4 Å². The summed E-state index contributed by atoms with van der Waals surface area (Å²) in [4.78, 5) is 4.50. The average molecular weight is 299 g/mol. The number of aliphatic hydroxyl groups is 1. The number of aromatic nitrogens is 2. The van der Waals surface area contributed by atoms with E-state index in [1.165, 1.54) is 37.2 Å². The molecule has 6 heteroatoms. The van der Waals surface area contributed by atoms with Gasteiger partial charge in [-0.1, -0.05) is 18.7 Å². The SMILES string of the molecule is CCc1nsc(SCC(CO)(NC2CC2)C2CC2)n1. The molecule has 4 nitrogen and oxygen atoms in total. The molecular weight excluding hydrogens is 278 g/mol. The first-order valence-electron chi connectivity index (χ1n) is 7.09. The smallest absolute Gasteiger partial charge is 0.170 e. The van der Waals surface area contributed by atoms with Crippen molar-refractivity contribution in [2.24, 2.45) is 5.92 Å². The molecule has 0 amide bonds. The summed E-state index contributed by atoms with van der Waals surface area (Å²) in [5.74, 6) is 2.48. The molecule has 0 aliphatic heterocycles. The van der Waals surface area contributed by atoms with Gasteiger partial charge in [0.1, 0.15) is 5.82 Å². The first-order valence-corrected chi connectivity index (χ1v) is 8.85. The maximum Gasteiger partial charge on any atom is 0.170 e. The number of hydrogen-bond acceptors (Lipinski definition) is 6. The maximum atomic E-state index is 9.88. The van der Waals surface area contributed by atoms with Crippen LogP contribution in [0.5, 0.6) is 0 Å². The molecule has 2 N–H and O–H groups in total. The Morgan fingerprint density at radius 3 is 2.74 bits per heavy atom. The predicted octanol–water partition coefficient (Wildman–Crippen LogP) is 2.09. The van der Waals surface area contributed by atoms with Crippen LogP contribution in [0.25, 0.3) is 0 Å². The molecule has 2 aliphatic carbocycles. The highest BCUT2D eigenvalue weighted by atomic mass is 32.2. The van der Waals surface area contributed by atoms with Crippen molar-refractivity contribution in [2.75, 3.05) is 12.4 Å². The Bertz CT molecular complexity index is 431. The van der Waals surface area contributed by atoms with Gasteiger partial charge in [-0.25, -0.2) is 4.98 Å². The summed E-state index contributed by atoms with van der Waals surface area (Å²) in [5.41, 5.74) is -0.0934. The summed E-state index contributed by atoms with van der Waals surface area (Å²) in [6.45, 7) is 2.31. The molecule has 106 valence electrons. The zero-order valence-electron chi connectivity index (χ0n) is 11.3. The average Bonchev–Trinajstić information content (AvgIpc) is 3.34. The fraction of sp³-hybridized carbons (Fsp3) is 0.846. The van der Waals surface area contributed by atoms with Gasteiger partial charge >= 0.3 is 0 Å². The first kappa shape index (κ1) is 13.8. The Morgan fingerprint density at radius 1 is 1.42 bits per heavy atom. The van der Waals surface area contributed by atoms with E-state index in [0.29, 0.717) is 12.0 Å². The van der Waals surface area contributed by atoms with E-state index < -0.39 is 0 Å². The zero-order valence-corrected chi connectivity index (χ0v) is 12.9. The fourth-order valence-electron chi connectivity index (χ4n) is 2.40. The van der Waals surface area contributed by atoms with E-state index in [2.05, 4.69) is 21.6 Å². The Labute approximate surface area is 122 Å². The molecule has 3 rings (SSSR count). The molecular formula is C13H21N3OS2. The second-order valence-electron chi connectivity index (χ2n) is 5.63. The summed E-state index contributed by atoms with van der Waals surface area (Å²) >= 11 is 3.23. The molecule has 0 saturated heterocycles. The number of rotatable bonds is 8. The van der Waals surface area contributed by atoms with Gasteiger partial charge in [0.2, 0.25) is 0 Å². The lowest BCUT2D eigenvalue weighted by molar-refractivity contribution is 0.157. The van der Waals surface area contributed by atoms with E-state index in [4.69, 9.17) is 0 Å². The second-order valence-corrected chi connectivity index (χ2v) is 7.60. The minimum absolute atomic E-state index is 0.0934. The van der Waals surface area contributed by atoms with Crippen LogP contribution in [0.1, 0.15) is 38.4 Å². The molecule has 19 heavy (non-hydrogen) atoms. The lowest BCUT2D eigenvalue weighted by Gasteiger charge is -2.33. The number of nitrogens with zero attached hydrogens (tertiary/aromatic N) is 2. The summed E-state index contributed by atoms with van der Waals surface area (Å²) in [5, 5.41) is 13.6. The van der Waals surface area contributed by atoms with Crippen molar-refractivity contribution >= 4 is 23.3 Å². The van der Waals surface area contributed by atoms with Crippen molar-refractivity contribution in [3.05, 3.63) is 5.82 Å². The Morgan fingerprint density at radius 2 is 2.21 bits per heavy atom. The van der Waals surface area contributed by atoms with Crippen molar-refractivity contribution < 1.29 is 5.11 Å². The van der Waals surface area contributed by atoms with Crippen molar-refractivity contribution in [3.8, 4) is 0 Å². The highest BCUT2D eigenvalue weighted by Gasteiger charge is 2.47. The van der Waals surface area contributed by atoms with Crippen molar-refractivity contribution in [3.63, 3.8) is 0 Å². The number of hydrogen-bond donors (Lipinski definition) is 2. The minimum atomic E-state index is -0.0934. The van der Waals surface area contributed by atoms with E-state index in [-0.39, 0.29) is 12.1 Å². The van der Waals surface area contributed by atoms with Crippen LogP contribution in [0.2, 0.25) is 0 Å². The summed E-state index contributed by atoms with van der Waals surface area (Å²) in [7, 11) is 0. The second kappa shape index (κ2) is 5.68. The van der Waals surface area contributed by atoms with Crippen molar-refractivity contribution in [1.29, 1.82) is 0 Å². The standard InChI is InChI=1S/C13H21N3OS2/c1-2-11-14-12(19-16-11)18-8-13(7-17,9-3-4-9)15-10-5-6-10/h9-10,15,17H,2-8H2,1H3. The number of aliphatic hydroxyl groups excluding tert-OH is 1. The van der Waals surface area contributed by atoms with Crippen LogP contribution in [0, 0.1) is 5.92 Å². The van der Waals surface area contributed by atoms with Crippen LogP contribution in [0.4, 0.5) is 0 Å². The van der Waals surface area contributed by atoms with E-state index in [0.717, 1.165) is 22.3 Å². The monoisotopic (exact) mass is 299 g/mol. The van der Waals surface area contributed by atoms with Gasteiger partial charge in [-0.2, -0.15) is 4.37 Å². The van der Waals surface area contributed by atoms with Gasteiger partial charge in [0.25, 0.3) is 0 Å². The topological polar surface area (TPSA) is 58.0 Å². The van der Waals surface area contributed by atoms with Gasteiger partial charge in [-0.05, 0) is 43.1 Å². The molecule has 0 bridgehead atoms. The lowest BCUT2D eigenvalue weighted by Crippen LogP contribution is -2.53. The molecule has 2 fully saturated rings. The van der Waals surface area contributed by atoms with E-state index in [9.17, 15) is 5.11 Å². The van der Waals surface area contributed by atoms with Gasteiger partial charge in [0.15, 0.2) is 4.34 Å². The fourth-order valence-corrected chi connectivity index (χ4v) is 4.36. The minimum Gasteiger partial charge on any atom is -0.394 e. The highest BCUT2D eigenvalue weighted by molar-refractivity contribution is 8.01. The Kier molecular flexibility index (Phi) is 4.12. The van der Waals surface area contributed by atoms with Gasteiger partial charge in [0.05, 0.1) is 12.1 Å². The van der Waals surface area contributed by atoms with Crippen molar-refractivity contribution in [2.45, 2.75) is 54.9 Å². The summed E-state index contributed by atoms with van der Waals surface area (Å²) in [6, 6.07) is 0.633. The van der Waals surface area contributed by atoms with Gasteiger partial charge < -0.3 is 10.4 Å². The molecule has 0 spiro atoms. The predicted molar refractivity (Wildman–Crippen MR) is 78.7 cm³/mol. The number of thioether (sulfide) groups is 1. The normalized spacial score (nSPS) is 22.4. The van der Waals surface area contributed by atoms with Crippen LogP contribution >= 0.6 is 23.3 Å². The van der Waals surface area contributed by atoms with Gasteiger partial charge in [-0.3, -0.25) is 0 Å². The molecule has 1 unspecified atom stereocenters. The molecule has 1 atom stereocenters. The van der Waals surface area contributed by atoms with E-state index in [1.54, 1.807) is 11.8 Å². The third-order valence-electron chi connectivity index (χ3n) is 3.93. The first-order chi connectivity index (χ1) is 9.25. The third-order valence-corrected chi connectivity index (χ3v) is 6.05. The molecule has 1 aromatic rings. The Hall–Kier alpha value is -0.170. The Balaban J connectivity index is 1.63. The maximum absolute atomic E-state index is 9.88. The van der Waals surface area contributed by atoms with Gasteiger partial charge in [-0.15, -0.1) is 0 Å². The van der Waals surface area contributed by atoms with Crippen LogP contribution in [0.3, 0.4) is 0 Å². The lowest BCUT2D eigenvalue weighted by atomic mass is 9.96. The third kappa shape index (κ3) is 3.29. The largest absolute Gasteiger partial charge is 0.394 e. The van der Waals surface area contributed by atoms with Crippen LogP contribution < -0.4 is 5.32 Å². The molecule has 0 radical (unpaired) electrons. The summed E-state index contributed by atoms with van der Waals surface area (Å²) < 4.78 is 5.36. The zero-order chi connectivity index (χ0) is 13.3. The molecule has 1 aromatic heterocycles. The quantitative estimate of drug-likeness (QED) is 0.720. The molecule has 0 aromatic carbocycles.